The van der Waals surface area contributed by atoms with Crippen molar-refractivity contribution < 1.29 is 19.2 Å². The average molecular weight is 425 g/mol. The third-order valence-corrected chi connectivity index (χ3v) is 5.36. The van der Waals surface area contributed by atoms with Gasteiger partial charge in [0.2, 0.25) is 17.7 Å². The molecule has 1 aromatic carbocycles. The van der Waals surface area contributed by atoms with Gasteiger partial charge in [-0.3, -0.25) is 24.5 Å². The van der Waals surface area contributed by atoms with Crippen LogP contribution in [-0.4, -0.2) is 49.6 Å². The van der Waals surface area contributed by atoms with Crippen LogP contribution in [0.2, 0.25) is 0 Å². The Morgan fingerprint density at radius 3 is 2.77 bits per heavy atom. The molecule has 11 nitrogen and oxygen atoms in total. The summed E-state index contributed by atoms with van der Waals surface area (Å²) >= 11 is 0. The number of nitrogens with one attached hydrogen (secondary N) is 2. The van der Waals surface area contributed by atoms with Crippen LogP contribution in [0.3, 0.4) is 0 Å². The van der Waals surface area contributed by atoms with Gasteiger partial charge in [-0.25, -0.2) is 4.68 Å². The second-order valence-corrected chi connectivity index (χ2v) is 8.30. The third-order valence-electron chi connectivity index (χ3n) is 5.36. The van der Waals surface area contributed by atoms with Crippen molar-refractivity contribution in [1.82, 2.24) is 25.2 Å². The molecule has 1 fully saturated rings. The molecule has 1 atom stereocenters. The summed E-state index contributed by atoms with van der Waals surface area (Å²) in [5.41, 5.74) is 7.43. The van der Waals surface area contributed by atoms with Crippen LogP contribution in [0.25, 0.3) is 0 Å². The molecule has 4 amide bonds. The molecule has 0 aliphatic carbocycles. The van der Waals surface area contributed by atoms with E-state index < -0.39 is 17.5 Å². The predicted molar refractivity (Wildman–Crippen MR) is 108 cm³/mol. The molecule has 0 bridgehead atoms. The van der Waals surface area contributed by atoms with Crippen molar-refractivity contribution in [2.75, 3.05) is 5.32 Å². The van der Waals surface area contributed by atoms with E-state index in [-0.39, 0.29) is 43.7 Å². The van der Waals surface area contributed by atoms with Gasteiger partial charge in [0, 0.05) is 29.8 Å². The van der Waals surface area contributed by atoms with E-state index in [1.807, 2.05) is 0 Å². The van der Waals surface area contributed by atoms with E-state index in [4.69, 9.17) is 5.73 Å². The van der Waals surface area contributed by atoms with Crippen LogP contribution >= 0.6 is 0 Å². The van der Waals surface area contributed by atoms with Crippen LogP contribution in [-0.2, 0) is 33.0 Å². The highest BCUT2D eigenvalue weighted by Gasteiger charge is 2.39. The molecule has 2 aliphatic rings. The van der Waals surface area contributed by atoms with Crippen LogP contribution < -0.4 is 16.4 Å². The molecule has 1 saturated heterocycles. The van der Waals surface area contributed by atoms with Crippen molar-refractivity contribution in [3.63, 3.8) is 0 Å². The molecule has 4 N–H and O–H groups in total. The van der Waals surface area contributed by atoms with Gasteiger partial charge < -0.3 is 16.0 Å². The van der Waals surface area contributed by atoms with Gasteiger partial charge in [0.1, 0.15) is 18.3 Å². The maximum Gasteiger partial charge on any atom is 0.255 e. The summed E-state index contributed by atoms with van der Waals surface area (Å²) in [6.45, 7) is 3.68. The number of carbonyl (C=O) groups excluding carboxylic acids is 4. The lowest BCUT2D eigenvalue weighted by Gasteiger charge is -2.29. The number of nitrogens with two attached hydrogens (primary N) is 1. The van der Waals surface area contributed by atoms with Crippen LogP contribution in [0, 0.1) is 0 Å². The summed E-state index contributed by atoms with van der Waals surface area (Å²) in [6, 6.07) is 4.32. The van der Waals surface area contributed by atoms with Gasteiger partial charge in [0.15, 0.2) is 0 Å². The summed E-state index contributed by atoms with van der Waals surface area (Å²) in [5.74, 6) is -1.46. The monoisotopic (exact) mass is 425 g/mol. The van der Waals surface area contributed by atoms with Crippen LogP contribution in [0.1, 0.15) is 48.3 Å². The Bertz CT molecular complexity index is 1090. The highest BCUT2D eigenvalue weighted by molar-refractivity contribution is 6.06. The fraction of sp³-hybridized carbons (Fsp3) is 0.400. The Morgan fingerprint density at radius 2 is 2.10 bits per heavy atom. The molecule has 2 aliphatic heterocycles. The van der Waals surface area contributed by atoms with E-state index in [0.717, 1.165) is 0 Å². The molecule has 1 unspecified atom stereocenters. The fourth-order valence-electron chi connectivity index (χ4n) is 3.71. The summed E-state index contributed by atoms with van der Waals surface area (Å²) in [4.78, 5) is 50.5. The lowest BCUT2D eigenvalue weighted by Crippen LogP contribution is -2.52. The van der Waals surface area contributed by atoms with Gasteiger partial charge in [-0.2, -0.15) is 0 Å². The lowest BCUT2D eigenvalue weighted by molar-refractivity contribution is -0.137. The maximum absolute atomic E-state index is 12.9. The number of piperidine rings is 1. The largest absolute Gasteiger partial charge is 0.324 e. The van der Waals surface area contributed by atoms with Gasteiger partial charge in [0.05, 0.1) is 11.7 Å². The summed E-state index contributed by atoms with van der Waals surface area (Å²) in [7, 11) is 0. The molecule has 1 aromatic heterocycles. The minimum absolute atomic E-state index is 0.0719. The summed E-state index contributed by atoms with van der Waals surface area (Å²) in [5, 5.41) is 13.0. The fourth-order valence-corrected chi connectivity index (χ4v) is 3.71. The number of aromatic nitrogens is 3. The highest BCUT2D eigenvalue weighted by atomic mass is 16.2. The first-order valence-electron chi connectivity index (χ1n) is 9.89. The van der Waals surface area contributed by atoms with E-state index in [1.165, 1.54) is 9.58 Å². The normalized spacial score (nSPS) is 18.7. The number of imide groups is 1. The van der Waals surface area contributed by atoms with E-state index in [2.05, 4.69) is 20.9 Å². The Hall–Kier alpha value is -3.60. The first-order valence-corrected chi connectivity index (χ1v) is 9.89. The van der Waals surface area contributed by atoms with Crippen molar-refractivity contribution in [3.8, 4) is 0 Å². The smallest absolute Gasteiger partial charge is 0.255 e. The molecule has 0 saturated carbocycles. The zero-order valence-electron chi connectivity index (χ0n) is 17.2. The number of rotatable bonds is 5. The minimum Gasteiger partial charge on any atom is -0.324 e. The minimum atomic E-state index is -0.714. The van der Waals surface area contributed by atoms with Crippen molar-refractivity contribution in [1.29, 1.82) is 0 Å². The number of amides is 4. The second kappa shape index (κ2) is 7.58. The van der Waals surface area contributed by atoms with Gasteiger partial charge in [-0.05, 0) is 32.4 Å². The third kappa shape index (κ3) is 4.04. The number of hydrogen-bond donors (Lipinski definition) is 3. The SMILES string of the molecule is CC(C)(N)c1cn(CC(=O)Nc2cccc3c2CN(C2CCC(=O)NC2=O)C3=O)nn1. The number of anilines is 1. The Balaban J connectivity index is 1.48. The molecular formula is C20H23N7O4. The zero-order valence-corrected chi connectivity index (χ0v) is 17.2. The molecular weight excluding hydrogens is 402 g/mol. The number of nitrogens with zero attached hydrogens (tertiary/aromatic N) is 4. The van der Waals surface area contributed by atoms with Crippen molar-refractivity contribution in [2.24, 2.45) is 5.73 Å². The number of carbonyl (C=O) groups is 4. The molecule has 11 heteroatoms. The highest BCUT2D eigenvalue weighted by Crippen LogP contribution is 2.32. The van der Waals surface area contributed by atoms with Crippen molar-refractivity contribution >= 4 is 29.3 Å². The quantitative estimate of drug-likeness (QED) is 0.564. The van der Waals surface area contributed by atoms with Crippen LogP contribution in [0.15, 0.2) is 24.4 Å². The first-order chi connectivity index (χ1) is 14.6. The first kappa shape index (κ1) is 20.7. The maximum atomic E-state index is 12.9. The van der Waals surface area contributed by atoms with E-state index in [9.17, 15) is 19.2 Å². The molecule has 162 valence electrons. The summed E-state index contributed by atoms with van der Waals surface area (Å²) in [6.07, 6.45) is 2.07. The van der Waals surface area contributed by atoms with Crippen molar-refractivity contribution in [3.05, 3.63) is 41.2 Å². The predicted octanol–water partition coefficient (Wildman–Crippen LogP) is -0.128. The number of benzene rings is 1. The Morgan fingerprint density at radius 1 is 1.32 bits per heavy atom. The van der Waals surface area contributed by atoms with E-state index >= 15 is 0 Å². The second-order valence-electron chi connectivity index (χ2n) is 8.30. The molecule has 31 heavy (non-hydrogen) atoms. The topological polar surface area (TPSA) is 152 Å². The molecule has 0 radical (unpaired) electrons. The Kier molecular flexibility index (Phi) is 5.05. The number of fused-ring (bicyclic) bond motifs is 1. The standard InChI is InChI=1S/C20H23N7O4/c1-20(2,21)15-9-26(25-24-15)10-17(29)22-13-5-3-4-11-12(13)8-27(19(11)31)14-6-7-16(28)23-18(14)30/h3-5,9,14H,6-8,10,21H2,1-2H3,(H,22,29)(H,23,28,30). The molecule has 3 heterocycles. The van der Waals surface area contributed by atoms with E-state index in [1.54, 1.807) is 38.2 Å². The van der Waals surface area contributed by atoms with Gasteiger partial charge >= 0.3 is 0 Å². The van der Waals surface area contributed by atoms with Crippen molar-refractivity contribution in [2.45, 2.75) is 51.4 Å². The molecule has 0 spiro atoms. The van der Waals surface area contributed by atoms with Gasteiger partial charge in [-0.15, -0.1) is 5.10 Å². The molecule has 2 aromatic rings. The number of hydrogen-bond acceptors (Lipinski definition) is 7. The van der Waals surface area contributed by atoms with Crippen LogP contribution in [0.5, 0.6) is 0 Å². The van der Waals surface area contributed by atoms with E-state index in [0.29, 0.717) is 22.5 Å². The lowest BCUT2D eigenvalue weighted by atomic mass is 10.0. The van der Waals surface area contributed by atoms with Gasteiger partial charge in [0.25, 0.3) is 5.91 Å². The molecule has 4 rings (SSSR count). The van der Waals surface area contributed by atoms with Crippen LogP contribution in [0.4, 0.5) is 5.69 Å². The zero-order chi connectivity index (χ0) is 22.3. The summed E-state index contributed by atoms with van der Waals surface area (Å²) < 4.78 is 1.39. The van der Waals surface area contributed by atoms with Gasteiger partial charge in [-0.1, -0.05) is 11.3 Å². The Labute approximate surface area is 177 Å². The average Bonchev–Trinajstić information content (AvgIpc) is 3.28.